The van der Waals surface area contributed by atoms with Gasteiger partial charge in [0, 0.05) is 30.9 Å². The molecule has 0 amide bonds. The highest BCUT2D eigenvalue weighted by Crippen LogP contribution is 2.42. The Kier molecular flexibility index (Phi) is 4.04. The summed E-state index contributed by atoms with van der Waals surface area (Å²) in [5, 5.41) is 9.44. The van der Waals surface area contributed by atoms with Gasteiger partial charge in [-0.2, -0.15) is 0 Å². The topological polar surface area (TPSA) is 84.8 Å². The van der Waals surface area contributed by atoms with Crippen LogP contribution in [0.1, 0.15) is 40.5 Å². The molecule has 1 N–H and O–H groups in total. The van der Waals surface area contributed by atoms with Gasteiger partial charge in [-0.3, -0.25) is 4.79 Å². The van der Waals surface area contributed by atoms with Gasteiger partial charge in [0.25, 0.3) is 0 Å². The summed E-state index contributed by atoms with van der Waals surface area (Å²) in [5.41, 5.74) is 0.0125. The Bertz CT molecular complexity index is 679. The molecule has 7 nitrogen and oxygen atoms in total. The molecule has 0 unspecified atom stereocenters. The number of aliphatic carboxylic acids is 1. The molecule has 1 saturated carbocycles. The highest BCUT2D eigenvalue weighted by atomic mass is 16.7. The Balaban J connectivity index is 1.47. The number of aromatic nitrogens is 2. The van der Waals surface area contributed by atoms with Gasteiger partial charge < -0.3 is 19.3 Å². The molecule has 2 bridgehead atoms. The molecule has 3 heterocycles. The predicted molar refractivity (Wildman–Crippen MR) is 97.3 cm³/mol. The summed E-state index contributed by atoms with van der Waals surface area (Å²) in [6.45, 7) is 9.50. The number of carbonyl (C=O) groups is 1. The Hall–Kier alpha value is -1.67. The molecule has 3 aliphatic rings. The van der Waals surface area contributed by atoms with Crippen molar-refractivity contribution in [2.45, 2.75) is 51.7 Å². The summed E-state index contributed by atoms with van der Waals surface area (Å²) < 4.78 is 12.1. The minimum absolute atomic E-state index is 0.192. The molecule has 0 spiro atoms. The average Bonchev–Trinajstić information content (AvgIpc) is 2.96. The van der Waals surface area contributed by atoms with Crippen molar-refractivity contribution < 1.29 is 19.2 Å². The molecule has 1 aromatic rings. The van der Waals surface area contributed by atoms with E-state index in [4.69, 9.17) is 9.31 Å². The highest BCUT2D eigenvalue weighted by Gasteiger charge is 2.52. The van der Waals surface area contributed by atoms with Gasteiger partial charge in [0.2, 0.25) is 5.95 Å². The van der Waals surface area contributed by atoms with Gasteiger partial charge in [0.05, 0.1) is 17.1 Å². The number of nitrogens with zero attached hydrogens (tertiary/aromatic N) is 3. The zero-order valence-electron chi connectivity index (χ0n) is 15.8. The van der Waals surface area contributed by atoms with Gasteiger partial charge in [-0.15, -0.1) is 0 Å². The highest BCUT2D eigenvalue weighted by molar-refractivity contribution is 6.61. The first-order valence-corrected chi connectivity index (χ1v) is 9.33. The van der Waals surface area contributed by atoms with Crippen LogP contribution in [0.2, 0.25) is 0 Å². The largest absolute Gasteiger partial charge is 0.498 e. The first-order chi connectivity index (χ1) is 12.2. The van der Waals surface area contributed by atoms with Crippen LogP contribution in [0.4, 0.5) is 5.95 Å². The summed E-state index contributed by atoms with van der Waals surface area (Å²) in [4.78, 5) is 22.6. The van der Waals surface area contributed by atoms with Crippen molar-refractivity contribution in [3.05, 3.63) is 12.4 Å². The fraction of sp³-hybridized carbons (Fsp3) is 0.722. The molecule has 3 atom stereocenters. The molecule has 2 saturated heterocycles. The SMILES string of the molecule is CC1(C)OB(c2cnc(N3C[C@H]4CC[C@@H](C3)[C@H]4C(=O)O)nc2)OC1(C)C. The van der Waals surface area contributed by atoms with Crippen molar-refractivity contribution in [2.24, 2.45) is 17.8 Å². The quantitative estimate of drug-likeness (QED) is 0.815. The summed E-state index contributed by atoms with van der Waals surface area (Å²) in [6, 6.07) is 0. The van der Waals surface area contributed by atoms with E-state index < -0.39 is 24.3 Å². The number of anilines is 1. The number of carboxylic acids is 1. The van der Waals surface area contributed by atoms with Gasteiger partial charge >= 0.3 is 13.1 Å². The van der Waals surface area contributed by atoms with E-state index in [0.29, 0.717) is 19.0 Å². The lowest BCUT2D eigenvalue weighted by Gasteiger charge is -2.35. The van der Waals surface area contributed by atoms with Crippen LogP contribution in [0.15, 0.2) is 12.4 Å². The molecule has 0 radical (unpaired) electrons. The van der Waals surface area contributed by atoms with Crippen molar-refractivity contribution >= 4 is 24.5 Å². The van der Waals surface area contributed by atoms with Gasteiger partial charge in [0.1, 0.15) is 0 Å². The molecule has 26 heavy (non-hydrogen) atoms. The van der Waals surface area contributed by atoms with E-state index in [-0.39, 0.29) is 17.8 Å². The van der Waals surface area contributed by atoms with Crippen molar-refractivity contribution in [3.8, 4) is 0 Å². The zero-order chi connectivity index (χ0) is 18.7. The van der Waals surface area contributed by atoms with Crippen LogP contribution >= 0.6 is 0 Å². The first-order valence-electron chi connectivity index (χ1n) is 9.33. The second-order valence-corrected chi connectivity index (χ2v) is 8.77. The van der Waals surface area contributed by atoms with E-state index in [1.807, 2.05) is 27.7 Å². The summed E-state index contributed by atoms with van der Waals surface area (Å²) >= 11 is 0. The molecule has 1 aromatic heterocycles. The van der Waals surface area contributed by atoms with Gasteiger partial charge in [-0.1, -0.05) is 0 Å². The van der Waals surface area contributed by atoms with Crippen molar-refractivity contribution in [1.82, 2.24) is 9.97 Å². The fourth-order valence-electron chi connectivity index (χ4n) is 4.38. The summed E-state index contributed by atoms with van der Waals surface area (Å²) in [6.07, 6.45) is 5.47. The normalized spacial score (nSPS) is 32.1. The van der Waals surface area contributed by atoms with E-state index in [1.54, 1.807) is 12.4 Å². The maximum absolute atomic E-state index is 11.5. The predicted octanol–water partition coefficient (Wildman–Crippen LogP) is 1.32. The molecular weight excluding hydrogens is 333 g/mol. The number of piperidine rings is 1. The zero-order valence-corrected chi connectivity index (χ0v) is 15.8. The van der Waals surface area contributed by atoms with Gasteiger partial charge in [0.15, 0.2) is 0 Å². The lowest BCUT2D eigenvalue weighted by molar-refractivity contribution is -0.144. The Labute approximate surface area is 154 Å². The van der Waals surface area contributed by atoms with Crippen LogP contribution in [-0.2, 0) is 14.1 Å². The lowest BCUT2D eigenvalue weighted by atomic mass is 9.81. The molecule has 140 valence electrons. The fourth-order valence-corrected chi connectivity index (χ4v) is 4.38. The number of carboxylic acid groups (broad SMARTS) is 1. The van der Waals surface area contributed by atoms with E-state index in [1.165, 1.54) is 0 Å². The standard InChI is InChI=1S/C18H26BN3O4/c1-17(2)18(3,4)26-19(25-17)13-7-20-16(21-8-13)22-9-11-5-6-12(10-22)14(11)15(23)24/h7-8,11-12,14H,5-6,9-10H2,1-4H3,(H,23,24)/t11-,12+,14+. The van der Waals surface area contributed by atoms with Crippen molar-refractivity contribution in [3.63, 3.8) is 0 Å². The van der Waals surface area contributed by atoms with Crippen LogP contribution in [0.5, 0.6) is 0 Å². The third kappa shape index (κ3) is 2.79. The minimum atomic E-state index is -0.658. The van der Waals surface area contributed by atoms with Crippen LogP contribution in [0.25, 0.3) is 0 Å². The number of hydrogen-bond acceptors (Lipinski definition) is 6. The van der Waals surface area contributed by atoms with E-state index in [9.17, 15) is 9.90 Å². The monoisotopic (exact) mass is 359 g/mol. The first kappa shape index (κ1) is 17.7. The van der Waals surface area contributed by atoms with Crippen LogP contribution < -0.4 is 10.4 Å². The average molecular weight is 359 g/mol. The van der Waals surface area contributed by atoms with Gasteiger partial charge in [-0.25, -0.2) is 9.97 Å². The molecule has 0 aromatic carbocycles. The van der Waals surface area contributed by atoms with Crippen LogP contribution in [0.3, 0.4) is 0 Å². The minimum Gasteiger partial charge on any atom is -0.481 e. The molecule has 4 rings (SSSR count). The number of hydrogen-bond donors (Lipinski definition) is 1. The third-order valence-corrected chi connectivity index (χ3v) is 6.59. The molecular formula is C18H26BN3O4. The van der Waals surface area contributed by atoms with E-state index in [2.05, 4.69) is 14.9 Å². The third-order valence-electron chi connectivity index (χ3n) is 6.59. The summed E-state index contributed by atoms with van der Waals surface area (Å²) in [5.74, 6) is 0.172. The Morgan fingerprint density at radius 1 is 1.12 bits per heavy atom. The Morgan fingerprint density at radius 3 is 2.08 bits per heavy atom. The lowest BCUT2D eigenvalue weighted by Crippen LogP contribution is -2.45. The van der Waals surface area contributed by atoms with E-state index in [0.717, 1.165) is 18.3 Å². The second kappa shape index (κ2) is 5.92. The van der Waals surface area contributed by atoms with Crippen LogP contribution in [0, 0.1) is 17.8 Å². The maximum atomic E-state index is 11.5. The number of rotatable bonds is 3. The van der Waals surface area contributed by atoms with Gasteiger partial charge in [-0.05, 0) is 52.4 Å². The smallest absolute Gasteiger partial charge is 0.481 e. The Morgan fingerprint density at radius 2 is 1.62 bits per heavy atom. The maximum Gasteiger partial charge on any atom is 0.498 e. The molecule has 2 aliphatic heterocycles. The van der Waals surface area contributed by atoms with Crippen molar-refractivity contribution in [1.29, 1.82) is 0 Å². The van der Waals surface area contributed by atoms with Crippen molar-refractivity contribution in [2.75, 3.05) is 18.0 Å². The molecule has 3 fully saturated rings. The number of fused-ring (bicyclic) bond motifs is 2. The molecule has 1 aliphatic carbocycles. The molecule has 8 heteroatoms. The second-order valence-electron chi connectivity index (χ2n) is 8.77. The van der Waals surface area contributed by atoms with E-state index >= 15 is 0 Å². The summed E-state index contributed by atoms with van der Waals surface area (Å²) in [7, 11) is -0.469. The van der Waals surface area contributed by atoms with Crippen LogP contribution in [-0.4, -0.2) is 52.5 Å².